The maximum absolute atomic E-state index is 12.3. The van der Waals surface area contributed by atoms with Gasteiger partial charge in [0.1, 0.15) is 11.4 Å². The highest BCUT2D eigenvalue weighted by Crippen LogP contribution is 2.32. The summed E-state index contributed by atoms with van der Waals surface area (Å²) in [7, 11) is 1.56. The van der Waals surface area contributed by atoms with Gasteiger partial charge in [-0.3, -0.25) is 14.7 Å². The van der Waals surface area contributed by atoms with Gasteiger partial charge in [0.05, 0.1) is 6.67 Å². The minimum Gasteiger partial charge on any atom is -0.406 e. The number of halogens is 3. The third-order valence-electron chi connectivity index (χ3n) is 4.87. The van der Waals surface area contributed by atoms with Crippen LogP contribution >= 0.6 is 0 Å². The van der Waals surface area contributed by atoms with Crippen molar-refractivity contribution in [2.24, 2.45) is 0 Å². The van der Waals surface area contributed by atoms with Gasteiger partial charge in [-0.2, -0.15) is 0 Å². The van der Waals surface area contributed by atoms with Crippen molar-refractivity contribution in [3.63, 3.8) is 0 Å². The Labute approximate surface area is 167 Å². The van der Waals surface area contributed by atoms with Gasteiger partial charge in [0.15, 0.2) is 0 Å². The van der Waals surface area contributed by atoms with Crippen molar-refractivity contribution in [1.82, 2.24) is 15.2 Å². The molecule has 0 unspecified atom stereocenters. The average Bonchev–Trinajstić information content (AvgIpc) is 2.95. The molecular weight excluding hydrogens is 385 g/mol. The standard InChI is InChI=1S/C20H23F3N4O2/c1-19(2)12-26(15-4-6-16(7-5-15)29-20(21,22)23)13-27(19)11-14-8-9-25-17(10-14)18(28)24-3/h4-10H,11-13H2,1-3H3,(H,24,28). The molecule has 0 aliphatic carbocycles. The zero-order chi connectivity index (χ0) is 21.2. The molecule has 29 heavy (non-hydrogen) atoms. The predicted molar refractivity (Wildman–Crippen MR) is 103 cm³/mol. The van der Waals surface area contributed by atoms with Crippen LogP contribution in [-0.4, -0.2) is 48.0 Å². The van der Waals surface area contributed by atoms with Gasteiger partial charge < -0.3 is 15.0 Å². The third kappa shape index (κ3) is 5.17. The Hall–Kier alpha value is -2.81. The first kappa shape index (κ1) is 20.9. The van der Waals surface area contributed by atoms with Gasteiger partial charge in [-0.1, -0.05) is 0 Å². The maximum atomic E-state index is 12.3. The Kier molecular flexibility index (Phi) is 5.70. The molecule has 1 aromatic carbocycles. The van der Waals surface area contributed by atoms with E-state index in [1.165, 1.54) is 12.1 Å². The Balaban J connectivity index is 1.71. The van der Waals surface area contributed by atoms with Crippen LogP contribution in [-0.2, 0) is 6.54 Å². The van der Waals surface area contributed by atoms with Crippen molar-refractivity contribution < 1.29 is 22.7 Å². The van der Waals surface area contributed by atoms with E-state index in [0.717, 1.165) is 11.3 Å². The van der Waals surface area contributed by atoms with Crippen LogP contribution in [0.4, 0.5) is 18.9 Å². The lowest BCUT2D eigenvalue weighted by Gasteiger charge is -2.29. The molecule has 1 aromatic heterocycles. The fraction of sp³-hybridized carbons (Fsp3) is 0.400. The fourth-order valence-corrected chi connectivity index (χ4v) is 3.36. The summed E-state index contributed by atoms with van der Waals surface area (Å²) in [4.78, 5) is 20.2. The lowest BCUT2D eigenvalue weighted by Crippen LogP contribution is -2.39. The van der Waals surface area contributed by atoms with E-state index in [1.54, 1.807) is 31.4 Å². The van der Waals surface area contributed by atoms with E-state index in [-0.39, 0.29) is 17.2 Å². The summed E-state index contributed by atoms with van der Waals surface area (Å²) in [6.45, 7) is 6.14. The van der Waals surface area contributed by atoms with Crippen LogP contribution in [0.3, 0.4) is 0 Å². The molecular formula is C20H23F3N4O2. The molecule has 0 radical (unpaired) electrons. The number of ether oxygens (including phenoxy) is 1. The summed E-state index contributed by atoms with van der Waals surface area (Å²) in [6, 6.07) is 9.51. The molecule has 1 aliphatic heterocycles. The molecule has 9 heteroatoms. The van der Waals surface area contributed by atoms with Crippen molar-refractivity contribution >= 4 is 11.6 Å². The molecule has 0 spiro atoms. The van der Waals surface area contributed by atoms with Crippen molar-refractivity contribution in [3.05, 3.63) is 53.9 Å². The van der Waals surface area contributed by atoms with Crippen LogP contribution in [0.2, 0.25) is 0 Å². The number of nitrogens with one attached hydrogen (secondary N) is 1. The number of nitrogens with zero attached hydrogens (tertiary/aromatic N) is 3. The van der Waals surface area contributed by atoms with Gasteiger partial charge in [-0.05, 0) is 55.8 Å². The Morgan fingerprint density at radius 2 is 1.93 bits per heavy atom. The van der Waals surface area contributed by atoms with Gasteiger partial charge in [-0.15, -0.1) is 13.2 Å². The molecule has 1 aliphatic rings. The first-order chi connectivity index (χ1) is 13.6. The van der Waals surface area contributed by atoms with E-state index >= 15 is 0 Å². The summed E-state index contributed by atoms with van der Waals surface area (Å²) in [5, 5.41) is 2.56. The lowest BCUT2D eigenvalue weighted by atomic mass is 10.0. The Morgan fingerprint density at radius 3 is 2.55 bits per heavy atom. The molecule has 1 amide bonds. The second kappa shape index (κ2) is 7.90. The number of pyridine rings is 1. The second-order valence-electron chi connectivity index (χ2n) is 7.52. The zero-order valence-corrected chi connectivity index (χ0v) is 16.5. The van der Waals surface area contributed by atoms with E-state index in [9.17, 15) is 18.0 Å². The van der Waals surface area contributed by atoms with Gasteiger partial charge in [0.2, 0.25) is 0 Å². The molecule has 0 saturated carbocycles. The number of anilines is 1. The maximum Gasteiger partial charge on any atom is 0.573 e. The zero-order valence-electron chi connectivity index (χ0n) is 16.5. The number of alkyl halides is 3. The van der Waals surface area contributed by atoms with E-state index in [2.05, 4.69) is 38.7 Å². The van der Waals surface area contributed by atoms with E-state index in [4.69, 9.17) is 0 Å². The topological polar surface area (TPSA) is 57.7 Å². The molecule has 2 aromatic rings. The molecule has 156 valence electrons. The highest BCUT2D eigenvalue weighted by Gasteiger charge is 2.37. The molecule has 1 fully saturated rings. The molecule has 0 atom stereocenters. The van der Waals surface area contributed by atoms with E-state index < -0.39 is 6.36 Å². The number of hydrogen-bond acceptors (Lipinski definition) is 5. The third-order valence-corrected chi connectivity index (χ3v) is 4.87. The van der Waals surface area contributed by atoms with Crippen molar-refractivity contribution in [3.8, 4) is 5.75 Å². The highest BCUT2D eigenvalue weighted by molar-refractivity contribution is 5.92. The normalized spacial score (nSPS) is 16.7. The van der Waals surface area contributed by atoms with E-state index in [0.29, 0.717) is 25.5 Å². The molecule has 1 saturated heterocycles. The molecule has 6 nitrogen and oxygen atoms in total. The smallest absolute Gasteiger partial charge is 0.406 e. The quantitative estimate of drug-likeness (QED) is 0.822. The summed E-state index contributed by atoms with van der Waals surface area (Å²) < 4.78 is 40.9. The van der Waals surface area contributed by atoms with Gasteiger partial charge in [-0.25, -0.2) is 0 Å². The first-order valence-electron chi connectivity index (χ1n) is 9.10. The summed E-state index contributed by atoms with van der Waals surface area (Å²) in [6.07, 6.45) is -3.09. The molecule has 3 rings (SSSR count). The van der Waals surface area contributed by atoms with Crippen LogP contribution in [0, 0.1) is 0 Å². The number of carbonyl (C=O) groups excluding carboxylic acids is 1. The summed E-state index contributed by atoms with van der Waals surface area (Å²) in [5.41, 5.74) is 1.97. The minimum atomic E-state index is -4.70. The lowest BCUT2D eigenvalue weighted by molar-refractivity contribution is -0.274. The van der Waals surface area contributed by atoms with Crippen LogP contribution < -0.4 is 15.0 Å². The molecule has 1 N–H and O–H groups in total. The Morgan fingerprint density at radius 1 is 1.24 bits per heavy atom. The number of amides is 1. The van der Waals surface area contributed by atoms with Crippen molar-refractivity contribution in [2.75, 3.05) is 25.2 Å². The van der Waals surface area contributed by atoms with Crippen molar-refractivity contribution in [1.29, 1.82) is 0 Å². The summed E-state index contributed by atoms with van der Waals surface area (Å²) >= 11 is 0. The minimum absolute atomic E-state index is 0.169. The fourth-order valence-electron chi connectivity index (χ4n) is 3.36. The van der Waals surface area contributed by atoms with Crippen LogP contribution in [0.1, 0.15) is 29.9 Å². The number of carbonyl (C=O) groups is 1. The largest absolute Gasteiger partial charge is 0.573 e. The predicted octanol–water partition coefficient (Wildman–Crippen LogP) is 3.40. The molecule has 0 bridgehead atoms. The van der Waals surface area contributed by atoms with Crippen molar-refractivity contribution in [2.45, 2.75) is 32.3 Å². The average molecular weight is 408 g/mol. The molecule has 2 heterocycles. The first-order valence-corrected chi connectivity index (χ1v) is 9.10. The SMILES string of the molecule is CNC(=O)c1cc(CN2CN(c3ccc(OC(F)(F)F)cc3)CC2(C)C)ccn1. The Bertz CT molecular complexity index is 869. The van der Waals surface area contributed by atoms with Gasteiger partial charge in [0, 0.05) is 37.6 Å². The highest BCUT2D eigenvalue weighted by atomic mass is 19.4. The van der Waals surface area contributed by atoms with Crippen LogP contribution in [0.5, 0.6) is 5.75 Å². The van der Waals surface area contributed by atoms with Gasteiger partial charge >= 0.3 is 6.36 Å². The number of hydrogen-bond donors (Lipinski definition) is 1. The van der Waals surface area contributed by atoms with Crippen LogP contribution in [0.15, 0.2) is 42.6 Å². The number of rotatable bonds is 5. The number of aromatic nitrogens is 1. The van der Waals surface area contributed by atoms with E-state index in [1.807, 2.05) is 6.07 Å². The van der Waals surface area contributed by atoms with Gasteiger partial charge in [0.25, 0.3) is 5.91 Å². The second-order valence-corrected chi connectivity index (χ2v) is 7.52. The number of benzene rings is 1. The monoisotopic (exact) mass is 408 g/mol. The summed E-state index contributed by atoms with van der Waals surface area (Å²) in [5.74, 6) is -0.481. The van der Waals surface area contributed by atoms with Crippen LogP contribution in [0.25, 0.3) is 0 Å².